The Morgan fingerprint density at radius 3 is 1.83 bits per heavy atom. The van der Waals surface area contributed by atoms with Gasteiger partial charge in [0.05, 0.1) is 19.8 Å². The molecule has 0 atom stereocenters. The maximum absolute atomic E-state index is 5.60. The van der Waals surface area contributed by atoms with Gasteiger partial charge in [0.15, 0.2) is 0 Å². The maximum atomic E-state index is 5.60. The molecule has 0 spiro atoms. The molecule has 2 nitrogen and oxygen atoms in total. The monoisotopic (exact) mass is 314 g/mol. The molecule has 0 aliphatic rings. The average molecular weight is 314 g/mol. The summed E-state index contributed by atoms with van der Waals surface area (Å²) in [6, 6.07) is 25.1. The fourth-order valence-corrected chi connectivity index (χ4v) is 3.30. The molecule has 0 N–H and O–H groups in total. The van der Waals surface area contributed by atoms with Crippen molar-refractivity contribution in [2.45, 2.75) is 0 Å². The van der Waals surface area contributed by atoms with Gasteiger partial charge in [-0.1, -0.05) is 48.5 Å². The molecular formula is C22H18O2. The molecule has 0 unspecified atom stereocenters. The third-order valence-corrected chi connectivity index (χ3v) is 4.44. The van der Waals surface area contributed by atoms with E-state index in [2.05, 4.69) is 54.6 Å². The number of ether oxygens (including phenoxy) is 2. The van der Waals surface area contributed by atoms with E-state index in [0.29, 0.717) is 0 Å². The van der Waals surface area contributed by atoms with E-state index in [1.165, 1.54) is 21.5 Å². The number of methoxy groups -OCH3 is 2. The smallest absolute Gasteiger partial charge is 0.130 e. The largest absolute Gasteiger partial charge is 0.496 e. The Labute approximate surface area is 141 Å². The van der Waals surface area contributed by atoms with E-state index in [-0.39, 0.29) is 0 Å². The van der Waals surface area contributed by atoms with Crippen LogP contribution in [0.5, 0.6) is 11.5 Å². The summed E-state index contributed by atoms with van der Waals surface area (Å²) in [6.45, 7) is 0. The topological polar surface area (TPSA) is 18.5 Å². The number of hydrogen-bond acceptors (Lipinski definition) is 2. The summed E-state index contributed by atoms with van der Waals surface area (Å²) in [7, 11) is 3.39. The lowest BCUT2D eigenvalue weighted by Crippen LogP contribution is -1.93. The molecule has 4 rings (SSSR count). The van der Waals surface area contributed by atoms with Crippen LogP contribution in [0.1, 0.15) is 0 Å². The lowest BCUT2D eigenvalue weighted by molar-refractivity contribution is 0.397. The molecule has 2 heteroatoms. The molecule has 0 saturated heterocycles. The molecule has 118 valence electrons. The first kappa shape index (κ1) is 14.6. The van der Waals surface area contributed by atoms with Gasteiger partial charge in [-0.3, -0.25) is 0 Å². The molecule has 0 aromatic heterocycles. The van der Waals surface area contributed by atoms with E-state index in [9.17, 15) is 0 Å². The Balaban J connectivity index is 2.09. The van der Waals surface area contributed by atoms with Crippen molar-refractivity contribution in [3.05, 3.63) is 72.8 Å². The first-order valence-corrected chi connectivity index (χ1v) is 7.94. The summed E-state index contributed by atoms with van der Waals surface area (Å²) >= 11 is 0. The minimum Gasteiger partial charge on any atom is -0.496 e. The Morgan fingerprint density at radius 2 is 1.17 bits per heavy atom. The van der Waals surface area contributed by atoms with E-state index in [0.717, 1.165) is 22.6 Å². The van der Waals surface area contributed by atoms with Crippen molar-refractivity contribution in [2.75, 3.05) is 14.2 Å². The molecule has 0 saturated carbocycles. The fourth-order valence-electron chi connectivity index (χ4n) is 3.30. The first-order valence-electron chi connectivity index (χ1n) is 7.94. The Hall–Kier alpha value is -3.00. The van der Waals surface area contributed by atoms with Crippen molar-refractivity contribution < 1.29 is 9.47 Å². The van der Waals surface area contributed by atoms with Crippen molar-refractivity contribution in [3.8, 4) is 22.6 Å². The van der Waals surface area contributed by atoms with Crippen molar-refractivity contribution in [2.24, 2.45) is 0 Å². The van der Waals surface area contributed by atoms with E-state index in [1.807, 2.05) is 18.2 Å². The average Bonchev–Trinajstić information content (AvgIpc) is 2.65. The normalized spacial score (nSPS) is 10.9. The van der Waals surface area contributed by atoms with E-state index in [1.54, 1.807) is 14.2 Å². The van der Waals surface area contributed by atoms with Crippen LogP contribution < -0.4 is 9.47 Å². The number of fused-ring (bicyclic) bond motifs is 2. The highest BCUT2D eigenvalue weighted by Crippen LogP contribution is 2.42. The second kappa shape index (κ2) is 5.89. The predicted octanol–water partition coefficient (Wildman–Crippen LogP) is 5.68. The number of rotatable bonds is 3. The van der Waals surface area contributed by atoms with E-state index < -0.39 is 0 Å². The minimum atomic E-state index is 0.815. The van der Waals surface area contributed by atoms with Gasteiger partial charge in [0, 0.05) is 0 Å². The van der Waals surface area contributed by atoms with Gasteiger partial charge in [0.2, 0.25) is 0 Å². The molecule has 0 fully saturated rings. The van der Waals surface area contributed by atoms with Gasteiger partial charge in [-0.25, -0.2) is 0 Å². The van der Waals surface area contributed by atoms with Crippen molar-refractivity contribution in [1.29, 1.82) is 0 Å². The summed E-state index contributed by atoms with van der Waals surface area (Å²) in [5, 5.41) is 4.87. The SMILES string of the molecule is COc1cccc(OC)c1-c1cccc2cc3ccccc3cc12. The van der Waals surface area contributed by atoms with Crippen LogP contribution in [0.2, 0.25) is 0 Å². The molecule has 0 heterocycles. The van der Waals surface area contributed by atoms with E-state index in [4.69, 9.17) is 9.47 Å². The standard InChI is InChI=1S/C22H18O2/c1-23-20-11-6-12-21(24-2)22(20)18-10-5-9-17-13-15-7-3-4-8-16(15)14-19(17)18/h3-14H,1-2H3. The molecule has 4 aromatic carbocycles. The summed E-state index contributed by atoms with van der Waals surface area (Å²) in [5.41, 5.74) is 2.11. The maximum Gasteiger partial charge on any atom is 0.130 e. The summed E-state index contributed by atoms with van der Waals surface area (Å²) in [5.74, 6) is 1.63. The van der Waals surface area contributed by atoms with Gasteiger partial charge in [0.25, 0.3) is 0 Å². The second-order valence-corrected chi connectivity index (χ2v) is 5.76. The van der Waals surface area contributed by atoms with Gasteiger partial charge < -0.3 is 9.47 Å². The molecular weight excluding hydrogens is 296 g/mol. The van der Waals surface area contributed by atoms with Crippen molar-refractivity contribution in [3.63, 3.8) is 0 Å². The zero-order valence-electron chi connectivity index (χ0n) is 13.7. The van der Waals surface area contributed by atoms with Gasteiger partial charge >= 0.3 is 0 Å². The number of hydrogen-bond donors (Lipinski definition) is 0. The lowest BCUT2D eigenvalue weighted by atomic mass is 9.94. The molecule has 0 aliphatic carbocycles. The van der Waals surface area contributed by atoms with Crippen LogP contribution in [-0.2, 0) is 0 Å². The van der Waals surface area contributed by atoms with Crippen molar-refractivity contribution >= 4 is 21.5 Å². The summed E-state index contributed by atoms with van der Waals surface area (Å²) < 4.78 is 11.2. The molecule has 0 amide bonds. The molecule has 4 aromatic rings. The highest BCUT2D eigenvalue weighted by Gasteiger charge is 2.15. The van der Waals surface area contributed by atoms with Gasteiger partial charge in [-0.2, -0.15) is 0 Å². The van der Waals surface area contributed by atoms with Crippen molar-refractivity contribution in [1.82, 2.24) is 0 Å². The zero-order chi connectivity index (χ0) is 16.5. The van der Waals surface area contributed by atoms with Gasteiger partial charge in [-0.15, -0.1) is 0 Å². The third-order valence-electron chi connectivity index (χ3n) is 4.44. The first-order chi connectivity index (χ1) is 11.8. The highest BCUT2D eigenvalue weighted by atomic mass is 16.5. The molecule has 0 aliphatic heterocycles. The van der Waals surface area contributed by atoms with Crippen LogP contribution in [-0.4, -0.2) is 14.2 Å². The number of benzene rings is 4. The van der Waals surface area contributed by atoms with E-state index >= 15 is 0 Å². The Bertz CT molecular complexity index is 1010. The quantitative estimate of drug-likeness (QED) is 0.453. The van der Waals surface area contributed by atoms with Crippen LogP contribution in [0.3, 0.4) is 0 Å². The fraction of sp³-hybridized carbons (Fsp3) is 0.0909. The molecule has 0 bridgehead atoms. The van der Waals surface area contributed by atoms with Gasteiger partial charge in [0.1, 0.15) is 11.5 Å². The Kier molecular flexibility index (Phi) is 3.58. The van der Waals surface area contributed by atoms with Crippen LogP contribution in [0.25, 0.3) is 32.7 Å². The highest BCUT2D eigenvalue weighted by molar-refractivity contribution is 6.06. The van der Waals surface area contributed by atoms with Crippen LogP contribution in [0.15, 0.2) is 72.8 Å². The van der Waals surface area contributed by atoms with Gasteiger partial charge in [-0.05, 0) is 51.4 Å². The third kappa shape index (κ3) is 2.28. The predicted molar refractivity (Wildman–Crippen MR) is 100.0 cm³/mol. The lowest BCUT2D eigenvalue weighted by Gasteiger charge is -2.15. The minimum absolute atomic E-state index is 0.815. The Morgan fingerprint density at radius 1 is 0.583 bits per heavy atom. The molecule has 0 radical (unpaired) electrons. The summed E-state index contributed by atoms with van der Waals surface area (Å²) in [4.78, 5) is 0. The molecule has 24 heavy (non-hydrogen) atoms. The van der Waals surface area contributed by atoms with Crippen LogP contribution in [0, 0.1) is 0 Å². The second-order valence-electron chi connectivity index (χ2n) is 5.76. The zero-order valence-corrected chi connectivity index (χ0v) is 13.7. The van der Waals surface area contributed by atoms with Crippen LogP contribution >= 0.6 is 0 Å². The van der Waals surface area contributed by atoms with Crippen LogP contribution in [0.4, 0.5) is 0 Å². The summed E-state index contributed by atoms with van der Waals surface area (Å²) in [6.07, 6.45) is 0.